The van der Waals surface area contributed by atoms with Crippen LogP contribution in [0.25, 0.3) is 0 Å². The van der Waals surface area contributed by atoms with Crippen LogP contribution in [0, 0.1) is 19.8 Å². The molecule has 1 aromatic rings. The number of carbonyl (C=O) groups excluding carboxylic acids is 1. The molecule has 6 heteroatoms. The van der Waals surface area contributed by atoms with Gasteiger partial charge in [0, 0.05) is 29.8 Å². The van der Waals surface area contributed by atoms with E-state index >= 15 is 0 Å². The zero-order chi connectivity index (χ0) is 14.9. The van der Waals surface area contributed by atoms with Crippen molar-refractivity contribution in [2.45, 2.75) is 46.2 Å². The summed E-state index contributed by atoms with van der Waals surface area (Å²) in [6.07, 6.45) is 1.87. The summed E-state index contributed by atoms with van der Waals surface area (Å²) in [7, 11) is 0. The fourth-order valence-corrected chi connectivity index (χ4v) is 3.51. The van der Waals surface area contributed by atoms with E-state index in [4.69, 9.17) is 0 Å². The van der Waals surface area contributed by atoms with E-state index in [1.165, 1.54) is 11.3 Å². The molecule has 0 aromatic carbocycles. The van der Waals surface area contributed by atoms with Crippen LogP contribution < -0.4 is 4.87 Å². The van der Waals surface area contributed by atoms with E-state index < -0.39 is 0 Å². The molecule has 0 bridgehead atoms. The summed E-state index contributed by atoms with van der Waals surface area (Å²) in [6, 6.07) is 0.182. The van der Waals surface area contributed by atoms with Gasteiger partial charge in [0.15, 0.2) is 0 Å². The SMILES string of the molecule is Cc1sc(=O)n(CC(=O)N2CC(CO)CCC2C)c1C. The van der Waals surface area contributed by atoms with Crippen LogP contribution in [0.2, 0.25) is 0 Å². The first-order chi connectivity index (χ1) is 9.43. The van der Waals surface area contributed by atoms with Crippen LogP contribution in [0.4, 0.5) is 0 Å². The number of hydrogen-bond acceptors (Lipinski definition) is 4. The average molecular weight is 298 g/mol. The van der Waals surface area contributed by atoms with Gasteiger partial charge in [-0.05, 0) is 39.5 Å². The predicted octanol–water partition coefficient (Wildman–Crippen LogP) is 1.15. The van der Waals surface area contributed by atoms with Crippen molar-refractivity contribution in [1.82, 2.24) is 9.47 Å². The van der Waals surface area contributed by atoms with Gasteiger partial charge in [-0.1, -0.05) is 11.3 Å². The van der Waals surface area contributed by atoms with Gasteiger partial charge < -0.3 is 10.0 Å². The molecule has 2 atom stereocenters. The van der Waals surface area contributed by atoms with E-state index in [-0.39, 0.29) is 35.9 Å². The number of nitrogens with zero attached hydrogens (tertiary/aromatic N) is 2. The molecule has 1 aromatic heterocycles. The maximum absolute atomic E-state index is 12.4. The molecule has 1 N–H and O–H groups in total. The van der Waals surface area contributed by atoms with Crippen LogP contribution in [0.5, 0.6) is 0 Å². The number of amides is 1. The molecule has 1 fully saturated rings. The number of piperidine rings is 1. The largest absolute Gasteiger partial charge is 0.396 e. The Bertz CT molecular complexity index is 549. The van der Waals surface area contributed by atoms with Crippen molar-refractivity contribution in [3.8, 4) is 0 Å². The third-order valence-electron chi connectivity index (χ3n) is 4.23. The number of aliphatic hydroxyl groups is 1. The smallest absolute Gasteiger partial charge is 0.308 e. The quantitative estimate of drug-likeness (QED) is 0.910. The second kappa shape index (κ2) is 6.10. The lowest BCUT2D eigenvalue weighted by Crippen LogP contribution is -2.48. The minimum atomic E-state index is -0.0725. The highest BCUT2D eigenvalue weighted by molar-refractivity contribution is 7.09. The Hall–Kier alpha value is -1.14. The molecule has 2 rings (SSSR count). The van der Waals surface area contributed by atoms with Crippen LogP contribution in [-0.2, 0) is 11.3 Å². The highest BCUT2D eigenvalue weighted by Gasteiger charge is 2.29. The minimum Gasteiger partial charge on any atom is -0.396 e. The van der Waals surface area contributed by atoms with Crippen molar-refractivity contribution in [3.05, 3.63) is 20.2 Å². The molecular weight excluding hydrogens is 276 g/mol. The van der Waals surface area contributed by atoms with Crippen molar-refractivity contribution >= 4 is 17.2 Å². The van der Waals surface area contributed by atoms with Crippen molar-refractivity contribution in [2.75, 3.05) is 13.2 Å². The van der Waals surface area contributed by atoms with Gasteiger partial charge in [0.05, 0.1) is 0 Å². The molecule has 112 valence electrons. The summed E-state index contributed by atoms with van der Waals surface area (Å²) in [5, 5.41) is 9.27. The fraction of sp³-hybridized carbons (Fsp3) is 0.714. The molecule has 5 nitrogen and oxygen atoms in total. The van der Waals surface area contributed by atoms with E-state index in [0.717, 1.165) is 23.4 Å². The van der Waals surface area contributed by atoms with Crippen molar-refractivity contribution in [1.29, 1.82) is 0 Å². The van der Waals surface area contributed by atoms with Gasteiger partial charge in [-0.25, -0.2) is 0 Å². The van der Waals surface area contributed by atoms with Gasteiger partial charge in [0.25, 0.3) is 0 Å². The lowest BCUT2D eigenvalue weighted by molar-refractivity contribution is -0.136. The third-order valence-corrected chi connectivity index (χ3v) is 5.22. The van der Waals surface area contributed by atoms with E-state index in [1.54, 1.807) is 4.57 Å². The molecule has 0 radical (unpaired) electrons. The molecule has 20 heavy (non-hydrogen) atoms. The average Bonchev–Trinajstić information content (AvgIpc) is 2.66. The second-order valence-electron chi connectivity index (χ2n) is 5.62. The molecule has 1 saturated heterocycles. The lowest BCUT2D eigenvalue weighted by Gasteiger charge is -2.37. The van der Waals surface area contributed by atoms with E-state index in [9.17, 15) is 14.7 Å². The van der Waals surface area contributed by atoms with E-state index in [0.29, 0.717) is 6.54 Å². The summed E-state index contributed by atoms with van der Waals surface area (Å²) in [6.45, 7) is 6.61. The molecule has 1 aliphatic heterocycles. The Morgan fingerprint density at radius 3 is 2.65 bits per heavy atom. The number of hydrogen-bond donors (Lipinski definition) is 1. The molecule has 0 spiro atoms. The first-order valence-electron chi connectivity index (χ1n) is 7.01. The number of thiazole rings is 1. The van der Waals surface area contributed by atoms with Gasteiger partial charge in [-0.15, -0.1) is 0 Å². The highest BCUT2D eigenvalue weighted by Crippen LogP contribution is 2.22. The van der Waals surface area contributed by atoms with Crippen LogP contribution in [0.1, 0.15) is 30.3 Å². The summed E-state index contributed by atoms with van der Waals surface area (Å²) >= 11 is 1.19. The summed E-state index contributed by atoms with van der Waals surface area (Å²) in [4.78, 5) is 27.0. The monoisotopic (exact) mass is 298 g/mol. The van der Waals surface area contributed by atoms with Gasteiger partial charge in [-0.3, -0.25) is 14.2 Å². The maximum Gasteiger partial charge on any atom is 0.308 e. The maximum atomic E-state index is 12.4. The summed E-state index contributed by atoms with van der Waals surface area (Å²) in [5.41, 5.74) is 0.872. The van der Waals surface area contributed by atoms with Gasteiger partial charge in [0.1, 0.15) is 6.54 Å². The first kappa shape index (κ1) is 15.3. The van der Waals surface area contributed by atoms with Gasteiger partial charge >= 0.3 is 4.87 Å². The predicted molar refractivity (Wildman–Crippen MR) is 79.0 cm³/mol. The number of aromatic nitrogens is 1. The number of likely N-dealkylation sites (tertiary alicyclic amines) is 1. The number of aliphatic hydroxyl groups excluding tert-OH is 1. The fourth-order valence-electron chi connectivity index (χ4n) is 2.67. The Morgan fingerprint density at radius 1 is 1.40 bits per heavy atom. The van der Waals surface area contributed by atoms with E-state index in [2.05, 4.69) is 0 Å². The lowest BCUT2D eigenvalue weighted by atomic mass is 9.94. The molecule has 1 aliphatic rings. The van der Waals surface area contributed by atoms with Crippen molar-refractivity contribution < 1.29 is 9.90 Å². The van der Waals surface area contributed by atoms with Crippen LogP contribution in [0.15, 0.2) is 4.79 Å². The zero-order valence-electron chi connectivity index (χ0n) is 12.3. The molecular formula is C14H22N2O3S. The first-order valence-corrected chi connectivity index (χ1v) is 7.82. The Labute approximate surface area is 122 Å². The highest BCUT2D eigenvalue weighted by atomic mass is 32.1. The Kier molecular flexibility index (Phi) is 4.65. The minimum absolute atomic E-state index is 0.0290. The normalized spacial score (nSPS) is 23.1. The molecule has 0 saturated carbocycles. The van der Waals surface area contributed by atoms with Crippen LogP contribution >= 0.6 is 11.3 Å². The second-order valence-corrected chi connectivity index (χ2v) is 6.78. The van der Waals surface area contributed by atoms with E-state index in [1.807, 2.05) is 25.7 Å². The van der Waals surface area contributed by atoms with Crippen molar-refractivity contribution in [2.24, 2.45) is 5.92 Å². The molecule has 0 aliphatic carbocycles. The molecule has 2 heterocycles. The Morgan fingerprint density at radius 2 is 2.10 bits per heavy atom. The van der Waals surface area contributed by atoms with Gasteiger partial charge in [-0.2, -0.15) is 0 Å². The van der Waals surface area contributed by atoms with Gasteiger partial charge in [0.2, 0.25) is 5.91 Å². The number of carbonyl (C=O) groups is 1. The van der Waals surface area contributed by atoms with Crippen LogP contribution in [0.3, 0.4) is 0 Å². The number of rotatable bonds is 3. The molecule has 1 amide bonds. The summed E-state index contributed by atoms with van der Waals surface area (Å²) < 4.78 is 1.55. The van der Waals surface area contributed by atoms with Crippen molar-refractivity contribution in [3.63, 3.8) is 0 Å². The topological polar surface area (TPSA) is 62.5 Å². The standard InChI is InChI=1S/C14H22N2O3S/c1-9-4-5-12(8-17)6-15(9)13(18)7-16-10(2)11(3)20-14(16)19/h9,12,17H,4-8H2,1-3H3. The third kappa shape index (κ3) is 2.96. The van der Waals surface area contributed by atoms with Crippen LogP contribution in [-0.4, -0.2) is 39.7 Å². The number of aryl methyl sites for hydroxylation is 1. The zero-order valence-corrected chi connectivity index (χ0v) is 13.1. The molecule has 2 unspecified atom stereocenters. The summed E-state index contributed by atoms with van der Waals surface area (Å²) in [5.74, 6) is 0.135. The Balaban J connectivity index is 2.12.